The predicted molar refractivity (Wildman–Crippen MR) is 83.0 cm³/mol. The number of nitrogens with zero attached hydrogens (tertiary/aromatic N) is 1. The maximum atomic E-state index is 12.8. The molecule has 1 spiro atoms. The molecule has 0 aromatic carbocycles. The number of nitrogens with one attached hydrogen (secondary N) is 1. The molecule has 5 nitrogen and oxygen atoms in total. The van der Waals surface area contributed by atoms with E-state index in [2.05, 4.69) is 12.2 Å². The van der Waals surface area contributed by atoms with Crippen LogP contribution in [-0.2, 0) is 9.59 Å². The van der Waals surface area contributed by atoms with E-state index in [4.69, 9.17) is 0 Å². The van der Waals surface area contributed by atoms with Gasteiger partial charge < -0.3 is 0 Å². The number of carbonyl (C=O) groups is 3. The Morgan fingerprint density at radius 3 is 2.38 bits per heavy atom. The van der Waals surface area contributed by atoms with E-state index in [1.807, 2.05) is 6.26 Å². The van der Waals surface area contributed by atoms with Crippen LogP contribution in [-0.4, -0.2) is 40.8 Å². The zero-order chi connectivity index (χ0) is 15.5. The molecule has 1 unspecified atom stereocenters. The van der Waals surface area contributed by atoms with Crippen molar-refractivity contribution in [2.45, 2.75) is 57.1 Å². The molecule has 4 amide bonds. The molecule has 0 aromatic heterocycles. The van der Waals surface area contributed by atoms with Gasteiger partial charge in [0.15, 0.2) is 0 Å². The minimum absolute atomic E-state index is 0.272. The van der Waals surface area contributed by atoms with Crippen LogP contribution in [0, 0.1) is 5.41 Å². The number of carbonyl (C=O) groups excluding carboxylic acids is 3. The molecule has 1 N–H and O–H groups in total. The lowest BCUT2D eigenvalue weighted by Crippen LogP contribution is -2.64. The first-order chi connectivity index (χ1) is 10.0. The summed E-state index contributed by atoms with van der Waals surface area (Å²) in [6.07, 6.45) is 7.77. The summed E-state index contributed by atoms with van der Waals surface area (Å²) in [5.41, 5.74) is -0.993. The lowest BCUT2D eigenvalue weighted by atomic mass is 9.77. The molecule has 118 valence electrons. The molecule has 6 heteroatoms. The highest BCUT2D eigenvalue weighted by atomic mass is 32.2. The zero-order valence-electron chi connectivity index (χ0n) is 12.8. The van der Waals surface area contributed by atoms with Gasteiger partial charge in [-0.25, -0.2) is 4.79 Å². The van der Waals surface area contributed by atoms with Gasteiger partial charge in [0.2, 0.25) is 11.8 Å². The van der Waals surface area contributed by atoms with Crippen LogP contribution in [0.4, 0.5) is 4.79 Å². The van der Waals surface area contributed by atoms with Crippen LogP contribution >= 0.6 is 11.8 Å². The average molecular weight is 312 g/mol. The van der Waals surface area contributed by atoms with Crippen LogP contribution in [0.2, 0.25) is 0 Å². The summed E-state index contributed by atoms with van der Waals surface area (Å²) in [6.45, 7) is 2.46. The lowest BCUT2D eigenvalue weighted by Gasteiger charge is -2.39. The van der Waals surface area contributed by atoms with E-state index in [1.54, 1.807) is 11.8 Å². The van der Waals surface area contributed by atoms with Gasteiger partial charge in [0.25, 0.3) is 0 Å². The molecular weight excluding hydrogens is 288 g/mol. The smallest absolute Gasteiger partial charge is 0.277 e. The Kier molecular flexibility index (Phi) is 5.30. The molecule has 1 saturated carbocycles. The third kappa shape index (κ3) is 3.25. The van der Waals surface area contributed by atoms with Crippen LogP contribution < -0.4 is 5.32 Å². The Morgan fingerprint density at radius 2 is 1.81 bits per heavy atom. The maximum absolute atomic E-state index is 12.8. The molecule has 2 rings (SSSR count). The minimum Gasteiger partial charge on any atom is -0.277 e. The van der Waals surface area contributed by atoms with Gasteiger partial charge >= 0.3 is 6.03 Å². The molecule has 1 saturated heterocycles. The summed E-state index contributed by atoms with van der Waals surface area (Å²) < 4.78 is 0. The Bertz CT molecular complexity index is 431. The second kappa shape index (κ2) is 6.81. The second-order valence-corrected chi connectivity index (χ2v) is 7.32. The molecule has 0 aromatic rings. The molecule has 0 radical (unpaired) electrons. The number of urea groups is 1. The van der Waals surface area contributed by atoms with E-state index in [9.17, 15) is 14.4 Å². The molecule has 2 fully saturated rings. The van der Waals surface area contributed by atoms with Crippen molar-refractivity contribution in [2.24, 2.45) is 5.41 Å². The fourth-order valence-electron chi connectivity index (χ4n) is 3.14. The van der Waals surface area contributed by atoms with Gasteiger partial charge in [0.1, 0.15) is 5.41 Å². The van der Waals surface area contributed by atoms with E-state index < -0.39 is 11.4 Å². The number of amides is 4. The summed E-state index contributed by atoms with van der Waals surface area (Å²) >= 11 is 1.71. The van der Waals surface area contributed by atoms with Crippen molar-refractivity contribution in [2.75, 3.05) is 12.8 Å². The normalized spacial score (nSPS) is 23.9. The fraction of sp³-hybridized carbons (Fsp3) is 0.800. The van der Waals surface area contributed by atoms with E-state index >= 15 is 0 Å². The van der Waals surface area contributed by atoms with Crippen molar-refractivity contribution in [3.63, 3.8) is 0 Å². The van der Waals surface area contributed by atoms with Crippen LogP contribution in [0.1, 0.15) is 51.9 Å². The first kappa shape index (κ1) is 16.3. The summed E-state index contributed by atoms with van der Waals surface area (Å²) in [7, 11) is 0. The molecule has 1 atom stereocenters. The average Bonchev–Trinajstić information content (AvgIpc) is 2.72. The van der Waals surface area contributed by atoms with Crippen LogP contribution in [0.3, 0.4) is 0 Å². The largest absolute Gasteiger partial charge is 0.330 e. The monoisotopic (exact) mass is 312 g/mol. The van der Waals surface area contributed by atoms with Gasteiger partial charge in [0, 0.05) is 11.8 Å². The maximum Gasteiger partial charge on any atom is 0.330 e. The van der Waals surface area contributed by atoms with Gasteiger partial charge in [-0.3, -0.25) is 19.8 Å². The van der Waals surface area contributed by atoms with Crippen molar-refractivity contribution in [3.8, 4) is 0 Å². The van der Waals surface area contributed by atoms with Crippen LogP contribution in [0.5, 0.6) is 0 Å². The summed E-state index contributed by atoms with van der Waals surface area (Å²) in [5, 5.41) is 2.79. The standard InChI is InChI=1S/C15H24N2O3S/c1-11(21-2)7-10-17-13(19)15(12(18)16-14(17)20)8-5-3-4-6-9-15/h11H,3-10H2,1-2H3,(H,16,18,20). The molecular formula is C15H24N2O3S. The Hall–Kier alpha value is -1.04. The highest BCUT2D eigenvalue weighted by molar-refractivity contribution is 7.99. The van der Waals surface area contributed by atoms with Gasteiger partial charge in [0.05, 0.1) is 0 Å². The lowest BCUT2D eigenvalue weighted by molar-refractivity contribution is -0.152. The van der Waals surface area contributed by atoms with E-state index in [-0.39, 0.29) is 11.8 Å². The van der Waals surface area contributed by atoms with E-state index in [1.165, 1.54) is 4.90 Å². The fourth-order valence-corrected chi connectivity index (χ4v) is 3.48. The van der Waals surface area contributed by atoms with Gasteiger partial charge in [-0.15, -0.1) is 0 Å². The van der Waals surface area contributed by atoms with E-state index in [0.717, 1.165) is 32.1 Å². The first-order valence-electron chi connectivity index (χ1n) is 7.71. The van der Waals surface area contributed by atoms with E-state index in [0.29, 0.717) is 24.6 Å². The van der Waals surface area contributed by atoms with Crippen molar-refractivity contribution < 1.29 is 14.4 Å². The SMILES string of the molecule is CSC(C)CCN1C(=O)NC(=O)C2(CCCCCC2)C1=O. The van der Waals surface area contributed by atoms with Crippen molar-refractivity contribution in [1.82, 2.24) is 10.2 Å². The zero-order valence-corrected chi connectivity index (χ0v) is 13.6. The molecule has 0 bridgehead atoms. The van der Waals surface area contributed by atoms with Gasteiger partial charge in [-0.05, 0) is 25.5 Å². The minimum atomic E-state index is -0.993. The summed E-state index contributed by atoms with van der Waals surface area (Å²) in [4.78, 5) is 38.4. The van der Waals surface area contributed by atoms with Crippen molar-refractivity contribution in [1.29, 1.82) is 0 Å². The number of imide groups is 2. The quantitative estimate of drug-likeness (QED) is 0.810. The van der Waals surface area contributed by atoms with Crippen molar-refractivity contribution in [3.05, 3.63) is 0 Å². The number of hydrogen-bond donors (Lipinski definition) is 1. The number of hydrogen-bond acceptors (Lipinski definition) is 4. The molecule has 21 heavy (non-hydrogen) atoms. The second-order valence-electron chi connectivity index (χ2n) is 6.05. The molecule has 1 aliphatic carbocycles. The highest BCUT2D eigenvalue weighted by Gasteiger charge is 2.53. The van der Waals surface area contributed by atoms with Crippen LogP contribution in [0.25, 0.3) is 0 Å². The van der Waals surface area contributed by atoms with Crippen LogP contribution in [0.15, 0.2) is 0 Å². The number of barbiturate groups is 1. The molecule has 1 heterocycles. The highest BCUT2D eigenvalue weighted by Crippen LogP contribution is 2.39. The topological polar surface area (TPSA) is 66.5 Å². The Balaban J connectivity index is 2.16. The van der Waals surface area contributed by atoms with Crippen molar-refractivity contribution >= 4 is 29.6 Å². The first-order valence-corrected chi connectivity index (χ1v) is 9.00. The predicted octanol–water partition coefficient (Wildman–Crippen LogP) is 2.55. The molecule has 2 aliphatic rings. The Morgan fingerprint density at radius 1 is 1.19 bits per heavy atom. The molecule has 1 aliphatic heterocycles. The number of rotatable bonds is 4. The van der Waals surface area contributed by atoms with Gasteiger partial charge in [-0.1, -0.05) is 32.6 Å². The summed E-state index contributed by atoms with van der Waals surface area (Å²) in [6, 6.07) is -0.548. The van der Waals surface area contributed by atoms with Gasteiger partial charge in [-0.2, -0.15) is 11.8 Å². The Labute approximate surface area is 130 Å². The third-order valence-electron chi connectivity index (χ3n) is 4.67. The number of thioether (sulfide) groups is 1. The third-order valence-corrected chi connectivity index (χ3v) is 5.71. The summed E-state index contributed by atoms with van der Waals surface area (Å²) in [5.74, 6) is -0.653.